The highest BCUT2D eigenvalue weighted by Crippen LogP contribution is 2.41. The number of nitriles is 2. The molecule has 11 heteroatoms. The van der Waals surface area contributed by atoms with Crippen molar-refractivity contribution < 1.29 is 21.6 Å². The molecule has 0 atom stereocenters. The van der Waals surface area contributed by atoms with Gasteiger partial charge in [0.2, 0.25) is 19.7 Å². The Morgan fingerprint density at radius 3 is 1.09 bits per heavy atom. The number of ether oxygens (including phenoxy) is 1. The van der Waals surface area contributed by atoms with E-state index in [1.54, 1.807) is 109 Å². The van der Waals surface area contributed by atoms with Gasteiger partial charge in [-0.2, -0.15) is 0 Å². The van der Waals surface area contributed by atoms with E-state index in [1.807, 2.05) is 12.1 Å². The monoisotopic (exact) mass is 730 g/mol. The molecule has 0 saturated heterocycles. The summed E-state index contributed by atoms with van der Waals surface area (Å²) in [6.45, 7) is 15.2. The molecule has 4 aromatic carbocycles. The number of benzene rings is 4. The topological polar surface area (TPSA) is 134 Å². The first-order valence-corrected chi connectivity index (χ1v) is 18.8. The molecule has 256 valence electrons. The van der Waals surface area contributed by atoms with Crippen molar-refractivity contribution in [3.8, 4) is 12.1 Å². The summed E-state index contributed by atoms with van der Waals surface area (Å²) in [6, 6.07) is 34.3. The van der Waals surface area contributed by atoms with Gasteiger partial charge in [-0.05, 0) is 68.8 Å². The first-order valence-electron chi connectivity index (χ1n) is 15.9. The number of nitrogens with zero attached hydrogens (tertiary/aromatic N) is 4. The van der Waals surface area contributed by atoms with E-state index in [0.29, 0.717) is 22.3 Å². The molecule has 2 aliphatic rings. The van der Waals surface area contributed by atoms with Crippen molar-refractivity contribution in [3.63, 3.8) is 0 Å². The first kappa shape index (κ1) is 35.9. The summed E-state index contributed by atoms with van der Waals surface area (Å²) in [6.07, 6.45) is 5.42. The molecule has 0 radical (unpaired) electrons. The molecule has 2 aliphatic heterocycles. The largest absolute Gasteiger partial charge is 0.372 e. The van der Waals surface area contributed by atoms with Gasteiger partial charge in [-0.25, -0.2) is 37.0 Å². The number of hydrogen-bond acceptors (Lipinski definition) is 7. The summed E-state index contributed by atoms with van der Waals surface area (Å²) in [7, 11) is -7.99. The Morgan fingerprint density at radius 1 is 0.509 bits per heavy atom. The predicted octanol–water partition coefficient (Wildman–Crippen LogP) is 8.42. The van der Waals surface area contributed by atoms with Gasteiger partial charge >= 0.3 is 0 Å². The summed E-state index contributed by atoms with van der Waals surface area (Å²) >= 11 is 0. The normalized spacial score (nSPS) is 17.6. The quantitative estimate of drug-likeness (QED) is 0.131. The van der Waals surface area contributed by atoms with Crippen LogP contribution in [0.4, 0.5) is 0 Å². The fourth-order valence-electron chi connectivity index (χ4n) is 5.75. The van der Waals surface area contributed by atoms with Crippen molar-refractivity contribution in [2.75, 3.05) is 0 Å². The molecule has 0 saturated carbocycles. The Labute approximate surface area is 307 Å². The van der Waals surface area contributed by atoms with Gasteiger partial charge in [-0.15, -0.1) is 0 Å². The van der Waals surface area contributed by atoms with Crippen molar-refractivity contribution >= 4 is 39.3 Å². The lowest BCUT2D eigenvalue weighted by molar-refractivity contribution is 0.107. The molecule has 0 fully saturated rings. The predicted molar refractivity (Wildman–Crippen MR) is 202 cm³/mol. The molecule has 9 nitrogen and oxygen atoms in total. The van der Waals surface area contributed by atoms with E-state index in [0.717, 1.165) is 11.1 Å². The highest BCUT2D eigenvalue weighted by Gasteiger charge is 2.32. The van der Waals surface area contributed by atoms with Crippen LogP contribution in [0.3, 0.4) is 0 Å². The maximum Gasteiger partial charge on any atom is 0.269 e. The molecule has 0 aliphatic carbocycles. The Bertz CT molecular complexity index is 2490. The molecule has 0 amide bonds. The maximum atomic E-state index is 13.8. The van der Waals surface area contributed by atoms with Gasteiger partial charge in [0, 0.05) is 0 Å². The van der Waals surface area contributed by atoms with Crippen molar-refractivity contribution in [1.29, 1.82) is 10.5 Å². The molecular formula is C42H26N4O5S2. The van der Waals surface area contributed by atoms with Crippen LogP contribution in [0.2, 0.25) is 0 Å². The van der Waals surface area contributed by atoms with E-state index in [1.165, 1.54) is 24.3 Å². The summed E-state index contributed by atoms with van der Waals surface area (Å²) in [5.41, 5.74) is 3.17. The van der Waals surface area contributed by atoms with Crippen molar-refractivity contribution in [2.45, 2.75) is 13.2 Å². The number of allylic oxidation sites excluding steroid dienone is 8. The third-order valence-corrected chi connectivity index (χ3v) is 12.1. The number of sulfone groups is 2. The zero-order chi connectivity index (χ0) is 37.6. The number of rotatable bonds is 8. The molecule has 4 aromatic rings. The van der Waals surface area contributed by atoms with Crippen molar-refractivity contribution in [2.24, 2.45) is 0 Å². The Hall–Kier alpha value is -6.86. The third-order valence-electron chi connectivity index (χ3n) is 8.42. The fraction of sp³-hybridized carbons (Fsp3) is 0.0476. The second-order valence-corrected chi connectivity index (χ2v) is 15.5. The van der Waals surface area contributed by atoms with Gasteiger partial charge in [0.05, 0.1) is 58.1 Å². The summed E-state index contributed by atoms with van der Waals surface area (Å²) in [5, 5.41) is 19.0. The van der Waals surface area contributed by atoms with Crippen LogP contribution in [0.1, 0.15) is 33.4 Å². The third kappa shape index (κ3) is 7.32. The second kappa shape index (κ2) is 15.2. The van der Waals surface area contributed by atoms with Crippen LogP contribution in [-0.2, 0) is 37.6 Å². The standard InChI is InChI=1S/C42H26N4O5S2/c1-45-37(25-43)35-21-39(31-9-5-3-6-10-31)52(47,48)41(23-35)33-17-13-29(14-18-33)27-51-28-30-15-19-34(20-16-30)42-24-36(38(26-44)46-2)22-40(53(42,49)50)32-11-7-4-8-12-32/h3-24H,27-28H2. The lowest BCUT2D eigenvalue weighted by Gasteiger charge is -2.19. The zero-order valence-electron chi connectivity index (χ0n) is 27.8. The van der Waals surface area contributed by atoms with Gasteiger partial charge in [-0.1, -0.05) is 109 Å². The van der Waals surface area contributed by atoms with E-state index in [2.05, 4.69) is 9.69 Å². The summed E-state index contributed by atoms with van der Waals surface area (Å²) in [5.74, 6) is 0. The lowest BCUT2D eigenvalue weighted by atomic mass is 10.1. The van der Waals surface area contributed by atoms with Crippen LogP contribution in [-0.4, -0.2) is 16.8 Å². The van der Waals surface area contributed by atoms with Crippen LogP contribution in [0.15, 0.2) is 156 Å². The van der Waals surface area contributed by atoms with Crippen LogP contribution in [0.5, 0.6) is 0 Å². The van der Waals surface area contributed by atoms with Gasteiger partial charge < -0.3 is 4.74 Å². The minimum absolute atomic E-state index is 0.00176. The van der Waals surface area contributed by atoms with Crippen molar-refractivity contribution in [3.05, 3.63) is 212 Å². The average Bonchev–Trinajstić information content (AvgIpc) is 3.18. The Kier molecular flexibility index (Phi) is 10.3. The molecule has 0 unspecified atom stereocenters. The highest BCUT2D eigenvalue weighted by atomic mass is 32.2. The van der Waals surface area contributed by atoms with Gasteiger partial charge in [-0.3, -0.25) is 0 Å². The van der Waals surface area contributed by atoms with Crippen LogP contribution >= 0.6 is 0 Å². The summed E-state index contributed by atoms with van der Waals surface area (Å²) < 4.78 is 61.0. The molecular weight excluding hydrogens is 705 g/mol. The molecule has 6 rings (SSSR count). The fourth-order valence-corrected chi connectivity index (χ4v) is 9.14. The van der Waals surface area contributed by atoms with Crippen LogP contribution in [0.25, 0.3) is 29.3 Å². The van der Waals surface area contributed by atoms with E-state index >= 15 is 0 Å². The van der Waals surface area contributed by atoms with Crippen LogP contribution < -0.4 is 0 Å². The van der Waals surface area contributed by atoms with Gasteiger partial charge in [0.1, 0.15) is 0 Å². The maximum absolute atomic E-state index is 13.8. The SMILES string of the molecule is [C-]#[N+]C(C#N)=C1C=C(c2ccccc2)S(=O)(=O)C(c2ccc(COCc3ccc(C4=CC(=C(C#N)[N+]#[C-])C=C(c5ccccc5)S4(=O)=O)cc3)cc2)=C1. The molecule has 2 heterocycles. The van der Waals surface area contributed by atoms with Crippen molar-refractivity contribution in [1.82, 2.24) is 0 Å². The van der Waals surface area contributed by atoms with E-state index in [-0.39, 0.29) is 55.4 Å². The minimum atomic E-state index is -4.00. The first-order chi connectivity index (χ1) is 25.6. The van der Waals surface area contributed by atoms with Gasteiger partial charge in [0.25, 0.3) is 11.4 Å². The van der Waals surface area contributed by atoms with E-state index < -0.39 is 19.7 Å². The zero-order valence-corrected chi connectivity index (χ0v) is 29.4. The smallest absolute Gasteiger partial charge is 0.269 e. The lowest BCUT2D eigenvalue weighted by Crippen LogP contribution is -2.11. The summed E-state index contributed by atoms with van der Waals surface area (Å²) in [4.78, 5) is 6.51. The average molecular weight is 731 g/mol. The Morgan fingerprint density at radius 2 is 0.811 bits per heavy atom. The van der Waals surface area contributed by atoms with E-state index in [9.17, 15) is 27.4 Å². The molecule has 0 aromatic heterocycles. The molecule has 0 bridgehead atoms. The minimum Gasteiger partial charge on any atom is -0.372 e. The highest BCUT2D eigenvalue weighted by molar-refractivity contribution is 8.09. The van der Waals surface area contributed by atoms with Gasteiger partial charge in [0.15, 0.2) is 0 Å². The Balaban J connectivity index is 1.19. The molecule has 0 spiro atoms. The van der Waals surface area contributed by atoms with Crippen LogP contribution in [0, 0.1) is 35.8 Å². The van der Waals surface area contributed by atoms with E-state index in [4.69, 9.17) is 17.9 Å². The number of hydrogen-bond donors (Lipinski definition) is 0. The molecule has 0 N–H and O–H groups in total. The molecule has 53 heavy (non-hydrogen) atoms. The second-order valence-electron chi connectivity index (χ2n) is 11.7.